The highest BCUT2D eigenvalue weighted by Gasteiger charge is 2.09. The Morgan fingerprint density at radius 3 is 2.76 bits per heavy atom. The zero-order valence-electron chi connectivity index (χ0n) is 10.5. The lowest BCUT2D eigenvalue weighted by Gasteiger charge is -2.14. The molecular formula is C14H21FN2. The summed E-state index contributed by atoms with van der Waals surface area (Å²) in [7, 11) is 0. The molecule has 1 N–H and O–H groups in total. The van der Waals surface area contributed by atoms with Crippen LogP contribution in [0.4, 0.5) is 10.1 Å². The van der Waals surface area contributed by atoms with Crippen molar-refractivity contribution in [2.75, 3.05) is 31.5 Å². The number of halogens is 1. The number of hydrogen-bond acceptors (Lipinski definition) is 2. The van der Waals surface area contributed by atoms with Gasteiger partial charge in [-0.25, -0.2) is 4.39 Å². The maximum absolute atomic E-state index is 13.1. The number of anilines is 1. The summed E-state index contributed by atoms with van der Waals surface area (Å²) in [6.45, 7) is 6.45. The highest BCUT2D eigenvalue weighted by Crippen LogP contribution is 2.13. The predicted molar refractivity (Wildman–Crippen MR) is 69.9 cm³/mol. The van der Waals surface area contributed by atoms with Crippen LogP contribution in [0.15, 0.2) is 18.2 Å². The minimum Gasteiger partial charge on any atom is -0.385 e. The van der Waals surface area contributed by atoms with E-state index in [0.717, 1.165) is 18.7 Å². The minimum atomic E-state index is -0.132. The summed E-state index contributed by atoms with van der Waals surface area (Å²) in [6.07, 6.45) is 3.85. The van der Waals surface area contributed by atoms with Gasteiger partial charge in [-0.3, -0.25) is 0 Å². The number of benzene rings is 1. The molecule has 0 amide bonds. The highest BCUT2D eigenvalue weighted by atomic mass is 19.1. The van der Waals surface area contributed by atoms with Gasteiger partial charge < -0.3 is 10.2 Å². The van der Waals surface area contributed by atoms with Crippen LogP contribution in [0.3, 0.4) is 0 Å². The lowest BCUT2D eigenvalue weighted by molar-refractivity contribution is 0.337. The van der Waals surface area contributed by atoms with Gasteiger partial charge in [0.25, 0.3) is 0 Å². The summed E-state index contributed by atoms with van der Waals surface area (Å²) >= 11 is 0. The molecule has 0 radical (unpaired) electrons. The Balaban J connectivity index is 1.68. The van der Waals surface area contributed by atoms with Gasteiger partial charge in [0.2, 0.25) is 0 Å². The van der Waals surface area contributed by atoms with Gasteiger partial charge in [0.15, 0.2) is 0 Å². The number of hydrogen-bond donors (Lipinski definition) is 1. The first-order chi connectivity index (χ1) is 8.25. The first kappa shape index (κ1) is 12.4. The molecule has 1 aromatic rings. The SMILES string of the molecule is Cc1cc(NCCCN2CCCC2)ccc1F. The van der Waals surface area contributed by atoms with Gasteiger partial charge in [-0.1, -0.05) is 0 Å². The molecule has 0 saturated carbocycles. The van der Waals surface area contributed by atoms with Crippen molar-refractivity contribution in [2.24, 2.45) is 0 Å². The zero-order chi connectivity index (χ0) is 12.1. The van der Waals surface area contributed by atoms with E-state index in [-0.39, 0.29) is 5.82 Å². The van der Waals surface area contributed by atoms with Crippen molar-refractivity contribution in [1.29, 1.82) is 0 Å². The molecule has 0 spiro atoms. The molecule has 0 bridgehead atoms. The van der Waals surface area contributed by atoms with Gasteiger partial charge in [0.05, 0.1) is 0 Å². The van der Waals surface area contributed by atoms with E-state index < -0.39 is 0 Å². The molecule has 1 saturated heterocycles. The molecule has 0 aromatic heterocycles. The molecule has 1 heterocycles. The molecule has 0 atom stereocenters. The van der Waals surface area contributed by atoms with Crippen molar-refractivity contribution in [2.45, 2.75) is 26.2 Å². The van der Waals surface area contributed by atoms with E-state index in [2.05, 4.69) is 10.2 Å². The molecule has 94 valence electrons. The predicted octanol–water partition coefficient (Wildman–Crippen LogP) is 3.03. The summed E-state index contributed by atoms with van der Waals surface area (Å²) < 4.78 is 13.1. The second-order valence-corrected chi connectivity index (χ2v) is 4.79. The van der Waals surface area contributed by atoms with Crippen molar-refractivity contribution < 1.29 is 4.39 Å². The molecule has 2 rings (SSSR count). The van der Waals surface area contributed by atoms with Crippen LogP contribution in [-0.4, -0.2) is 31.1 Å². The van der Waals surface area contributed by atoms with Crippen molar-refractivity contribution >= 4 is 5.69 Å². The molecule has 17 heavy (non-hydrogen) atoms. The van der Waals surface area contributed by atoms with E-state index in [1.807, 2.05) is 6.07 Å². The lowest BCUT2D eigenvalue weighted by atomic mass is 10.2. The smallest absolute Gasteiger partial charge is 0.126 e. The van der Waals surface area contributed by atoms with Gasteiger partial charge in [-0.05, 0) is 69.6 Å². The Morgan fingerprint density at radius 2 is 2.06 bits per heavy atom. The highest BCUT2D eigenvalue weighted by molar-refractivity contribution is 5.45. The molecule has 1 aromatic carbocycles. The zero-order valence-corrected chi connectivity index (χ0v) is 10.5. The van der Waals surface area contributed by atoms with Crippen molar-refractivity contribution in [3.63, 3.8) is 0 Å². The number of nitrogens with zero attached hydrogens (tertiary/aromatic N) is 1. The maximum Gasteiger partial charge on any atom is 0.126 e. The Morgan fingerprint density at radius 1 is 1.29 bits per heavy atom. The fourth-order valence-corrected chi connectivity index (χ4v) is 2.30. The van der Waals surface area contributed by atoms with E-state index in [0.29, 0.717) is 5.56 Å². The van der Waals surface area contributed by atoms with Gasteiger partial charge in [-0.2, -0.15) is 0 Å². The molecule has 3 heteroatoms. The molecule has 0 unspecified atom stereocenters. The number of likely N-dealkylation sites (tertiary alicyclic amines) is 1. The first-order valence-corrected chi connectivity index (χ1v) is 6.48. The standard InChI is InChI=1S/C14H21FN2/c1-12-11-13(5-6-14(12)15)16-7-4-10-17-8-2-3-9-17/h5-6,11,16H,2-4,7-10H2,1H3. The van der Waals surface area contributed by atoms with Crippen LogP contribution < -0.4 is 5.32 Å². The summed E-state index contributed by atoms with van der Waals surface area (Å²) in [5, 5.41) is 3.34. The van der Waals surface area contributed by atoms with Crippen LogP contribution in [0.25, 0.3) is 0 Å². The van der Waals surface area contributed by atoms with Crippen LogP contribution in [0.1, 0.15) is 24.8 Å². The number of nitrogens with one attached hydrogen (secondary N) is 1. The van der Waals surface area contributed by atoms with Crippen LogP contribution in [0, 0.1) is 12.7 Å². The first-order valence-electron chi connectivity index (χ1n) is 6.48. The molecule has 0 aliphatic carbocycles. The Bertz CT molecular complexity index is 359. The van der Waals surface area contributed by atoms with E-state index >= 15 is 0 Å². The molecule has 1 aliphatic rings. The summed E-state index contributed by atoms with van der Waals surface area (Å²) in [5.41, 5.74) is 1.72. The van der Waals surface area contributed by atoms with E-state index in [9.17, 15) is 4.39 Å². The Labute approximate surface area is 103 Å². The minimum absolute atomic E-state index is 0.132. The second kappa shape index (κ2) is 6.01. The molecule has 1 aliphatic heterocycles. The van der Waals surface area contributed by atoms with Gasteiger partial charge in [-0.15, -0.1) is 0 Å². The summed E-state index contributed by atoms with van der Waals surface area (Å²) in [4.78, 5) is 2.51. The number of aryl methyl sites for hydroxylation is 1. The number of rotatable bonds is 5. The average molecular weight is 236 g/mol. The van der Waals surface area contributed by atoms with E-state index in [4.69, 9.17) is 0 Å². The second-order valence-electron chi connectivity index (χ2n) is 4.79. The van der Waals surface area contributed by atoms with Crippen LogP contribution >= 0.6 is 0 Å². The van der Waals surface area contributed by atoms with E-state index in [1.54, 1.807) is 13.0 Å². The van der Waals surface area contributed by atoms with Crippen LogP contribution in [-0.2, 0) is 0 Å². The monoisotopic (exact) mass is 236 g/mol. The summed E-state index contributed by atoms with van der Waals surface area (Å²) in [6, 6.07) is 5.20. The third-order valence-corrected chi connectivity index (χ3v) is 3.34. The molecular weight excluding hydrogens is 215 g/mol. The maximum atomic E-state index is 13.1. The van der Waals surface area contributed by atoms with Gasteiger partial charge >= 0.3 is 0 Å². The van der Waals surface area contributed by atoms with E-state index in [1.165, 1.54) is 38.5 Å². The van der Waals surface area contributed by atoms with Crippen molar-refractivity contribution in [3.8, 4) is 0 Å². The van der Waals surface area contributed by atoms with Crippen LogP contribution in [0.5, 0.6) is 0 Å². The quantitative estimate of drug-likeness (QED) is 0.791. The third-order valence-electron chi connectivity index (χ3n) is 3.34. The van der Waals surface area contributed by atoms with Gasteiger partial charge in [0.1, 0.15) is 5.82 Å². The molecule has 2 nitrogen and oxygen atoms in total. The lowest BCUT2D eigenvalue weighted by Crippen LogP contribution is -2.22. The Hall–Kier alpha value is -1.09. The van der Waals surface area contributed by atoms with Crippen molar-refractivity contribution in [3.05, 3.63) is 29.6 Å². The normalized spacial score (nSPS) is 16.4. The summed E-state index contributed by atoms with van der Waals surface area (Å²) in [5.74, 6) is -0.132. The Kier molecular flexibility index (Phi) is 4.37. The topological polar surface area (TPSA) is 15.3 Å². The fraction of sp³-hybridized carbons (Fsp3) is 0.571. The van der Waals surface area contributed by atoms with Crippen molar-refractivity contribution in [1.82, 2.24) is 4.90 Å². The third kappa shape index (κ3) is 3.70. The average Bonchev–Trinajstić information content (AvgIpc) is 2.82. The molecule has 1 fully saturated rings. The van der Waals surface area contributed by atoms with Crippen LogP contribution in [0.2, 0.25) is 0 Å². The fourth-order valence-electron chi connectivity index (χ4n) is 2.30. The van der Waals surface area contributed by atoms with Gasteiger partial charge in [0, 0.05) is 12.2 Å². The largest absolute Gasteiger partial charge is 0.385 e.